The van der Waals surface area contributed by atoms with Gasteiger partial charge in [-0.2, -0.15) is 5.10 Å². The highest BCUT2D eigenvalue weighted by Crippen LogP contribution is 2.34. The van der Waals surface area contributed by atoms with E-state index in [9.17, 15) is 23.1 Å². The third-order valence-corrected chi connectivity index (χ3v) is 6.51. The van der Waals surface area contributed by atoms with Crippen LogP contribution in [0.1, 0.15) is 40.3 Å². The molecule has 10 nitrogen and oxygen atoms in total. The minimum Gasteiger partial charge on any atom is -0.476 e. The Hall–Kier alpha value is -3.41. The number of carbonyl (C=O) groups is 2. The molecule has 0 radical (unpaired) electrons. The number of carboxylic acids is 1. The molecular weight excluding hydrogens is 484 g/mol. The van der Waals surface area contributed by atoms with Gasteiger partial charge >= 0.3 is 5.97 Å². The van der Waals surface area contributed by atoms with Gasteiger partial charge in [0, 0.05) is 34.9 Å². The van der Waals surface area contributed by atoms with Gasteiger partial charge in [-0.15, -0.1) is 0 Å². The van der Waals surface area contributed by atoms with Crippen LogP contribution in [0, 0.1) is 6.92 Å². The van der Waals surface area contributed by atoms with Gasteiger partial charge in [0.2, 0.25) is 15.9 Å². The van der Waals surface area contributed by atoms with Crippen LogP contribution in [-0.4, -0.2) is 41.2 Å². The van der Waals surface area contributed by atoms with Crippen molar-refractivity contribution in [1.29, 1.82) is 0 Å². The summed E-state index contributed by atoms with van der Waals surface area (Å²) in [5.74, 6) is -1.73. The van der Waals surface area contributed by atoms with Crippen LogP contribution >= 0.6 is 11.6 Å². The van der Waals surface area contributed by atoms with Gasteiger partial charge in [0.25, 0.3) is 5.91 Å². The van der Waals surface area contributed by atoms with E-state index in [0.717, 1.165) is 0 Å². The molecule has 3 aromatic rings. The van der Waals surface area contributed by atoms with Crippen molar-refractivity contribution in [3.8, 4) is 11.6 Å². The van der Waals surface area contributed by atoms with Gasteiger partial charge in [0.05, 0.1) is 0 Å². The smallest absolute Gasteiger partial charge is 0.356 e. The van der Waals surface area contributed by atoms with Gasteiger partial charge in [0.1, 0.15) is 10.6 Å². The highest BCUT2D eigenvalue weighted by atomic mass is 35.5. The molecule has 0 spiro atoms. The molecule has 1 amide bonds. The summed E-state index contributed by atoms with van der Waals surface area (Å²) in [5.41, 5.74) is 0.514. The lowest BCUT2D eigenvalue weighted by Crippen LogP contribution is -2.30. The summed E-state index contributed by atoms with van der Waals surface area (Å²) < 4.78 is 35.6. The monoisotopic (exact) mass is 506 g/mol. The number of aryl methyl sites for hydroxylation is 1. The van der Waals surface area contributed by atoms with Gasteiger partial charge in [-0.25, -0.2) is 22.6 Å². The minimum absolute atomic E-state index is 0.0640. The number of rotatable bonds is 8. The van der Waals surface area contributed by atoms with Crippen molar-refractivity contribution in [1.82, 2.24) is 14.5 Å². The zero-order valence-corrected chi connectivity index (χ0v) is 20.4. The van der Waals surface area contributed by atoms with Crippen molar-refractivity contribution in [2.45, 2.75) is 31.7 Å². The summed E-state index contributed by atoms with van der Waals surface area (Å²) in [6.07, 6.45) is 0. The molecule has 0 saturated heterocycles. The number of benzene rings is 2. The molecule has 3 N–H and O–H groups in total. The maximum Gasteiger partial charge on any atom is 0.356 e. The number of amides is 1. The second kappa shape index (κ2) is 9.84. The van der Waals surface area contributed by atoms with E-state index in [1.807, 2.05) is 0 Å². The molecule has 0 fully saturated rings. The number of carbonyl (C=O) groups excluding carboxylic acids is 1. The lowest BCUT2D eigenvalue weighted by molar-refractivity contribution is 0.0688. The summed E-state index contributed by atoms with van der Waals surface area (Å²) in [6.45, 7) is 4.83. The van der Waals surface area contributed by atoms with E-state index in [1.165, 1.54) is 42.9 Å². The molecule has 34 heavy (non-hydrogen) atoms. The van der Waals surface area contributed by atoms with Gasteiger partial charge in [-0.1, -0.05) is 17.7 Å². The number of nitrogens with zero attached hydrogens (tertiary/aromatic N) is 2. The lowest BCUT2D eigenvalue weighted by Gasteiger charge is -2.16. The molecule has 0 bridgehead atoms. The number of hydrogen-bond acceptors (Lipinski definition) is 6. The highest BCUT2D eigenvalue weighted by Gasteiger charge is 2.25. The Morgan fingerprint density at radius 1 is 1.18 bits per heavy atom. The van der Waals surface area contributed by atoms with Crippen molar-refractivity contribution in [2.24, 2.45) is 7.05 Å². The largest absolute Gasteiger partial charge is 0.476 e. The van der Waals surface area contributed by atoms with Gasteiger partial charge < -0.3 is 15.2 Å². The summed E-state index contributed by atoms with van der Waals surface area (Å²) in [4.78, 5) is 23.7. The Bertz CT molecular complexity index is 1370. The van der Waals surface area contributed by atoms with Crippen LogP contribution in [0.3, 0.4) is 0 Å². The predicted molar refractivity (Wildman–Crippen MR) is 126 cm³/mol. The van der Waals surface area contributed by atoms with Crippen LogP contribution in [0.4, 0.5) is 5.69 Å². The standard InChI is InChI=1S/C22H23ClN4O6S/c1-12(2)26-34(31,32)18-11-16(24-20(28)14-6-5-7-15(23)10-14)8-9-17(18)33-21-13(3)19(22(29)30)25-27(21)4/h5-12,26H,1-4H3,(H,24,28)(H,29,30). The second-order valence-electron chi connectivity index (χ2n) is 7.71. The third-order valence-electron chi connectivity index (χ3n) is 4.60. The summed E-state index contributed by atoms with van der Waals surface area (Å²) in [7, 11) is -2.59. The second-order valence-corrected chi connectivity index (χ2v) is 9.83. The van der Waals surface area contributed by atoms with E-state index < -0.39 is 27.9 Å². The molecule has 2 aromatic carbocycles. The van der Waals surface area contributed by atoms with Crippen molar-refractivity contribution < 1.29 is 27.9 Å². The van der Waals surface area contributed by atoms with Crippen LogP contribution < -0.4 is 14.8 Å². The normalized spacial score (nSPS) is 11.5. The Morgan fingerprint density at radius 2 is 1.88 bits per heavy atom. The fraction of sp³-hybridized carbons (Fsp3) is 0.227. The van der Waals surface area contributed by atoms with Crippen molar-refractivity contribution in [2.75, 3.05) is 5.32 Å². The number of aromatic carboxylic acids is 1. The van der Waals surface area contributed by atoms with E-state index in [-0.39, 0.29) is 33.5 Å². The molecule has 12 heteroatoms. The van der Waals surface area contributed by atoms with Gasteiger partial charge in [0.15, 0.2) is 5.69 Å². The van der Waals surface area contributed by atoms with Crippen LogP contribution in [0.15, 0.2) is 47.4 Å². The van der Waals surface area contributed by atoms with Crippen molar-refractivity contribution >= 4 is 39.2 Å². The summed E-state index contributed by atoms with van der Waals surface area (Å²) >= 11 is 5.94. The first kappa shape index (κ1) is 25.2. The molecule has 180 valence electrons. The molecule has 0 unspecified atom stereocenters. The minimum atomic E-state index is -4.07. The molecule has 0 atom stereocenters. The topological polar surface area (TPSA) is 140 Å². The van der Waals surface area contributed by atoms with E-state index in [0.29, 0.717) is 10.6 Å². The number of halogens is 1. The van der Waals surface area contributed by atoms with Gasteiger partial charge in [-0.05, 0) is 57.2 Å². The molecule has 0 saturated carbocycles. The maximum absolute atomic E-state index is 13.1. The SMILES string of the molecule is Cc1c(C(=O)O)nn(C)c1Oc1ccc(NC(=O)c2cccc(Cl)c2)cc1S(=O)(=O)NC(C)C. The third kappa shape index (κ3) is 5.56. The first-order valence-corrected chi connectivity index (χ1v) is 11.9. The summed E-state index contributed by atoms with van der Waals surface area (Å²) in [6, 6.07) is 9.98. The van der Waals surface area contributed by atoms with Crippen LogP contribution in [0.2, 0.25) is 5.02 Å². The average Bonchev–Trinajstić information content (AvgIpc) is 3.02. The highest BCUT2D eigenvalue weighted by molar-refractivity contribution is 7.89. The molecule has 0 aliphatic carbocycles. The zero-order valence-electron chi connectivity index (χ0n) is 18.8. The number of hydrogen-bond donors (Lipinski definition) is 3. The van der Waals surface area contributed by atoms with E-state index in [1.54, 1.807) is 32.0 Å². The molecular formula is C22H23ClN4O6S. The van der Waals surface area contributed by atoms with Crippen molar-refractivity contribution in [3.63, 3.8) is 0 Å². The number of ether oxygens (including phenoxy) is 1. The van der Waals surface area contributed by atoms with Crippen molar-refractivity contribution in [3.05, 3.63) is 64.3 Å². The number of carboxylic acid groups (broad SMARTS) is 1. The van der Waals surface area contributed by atoms with Crippen LogP contribution in [0.5, 0.6) is 11.6 Å². The predicted octanol–water partition coefficient (Wildman–Crippen LogP) is 3.81. The Balaban J connectivity index is 2.03. The summed E-state index contributed by atoms with van der Waals surface area (Å²) in [5, 5.41) is 16.2. The first-order chi connectivity index (χ1) is 15.9. The fourth-order valence-electron chi connectivity index (χ4n) is 3.15. The number of anilines is 1. The molecule has 3 rings (SSSR count). The van der Waals surface area contributed by atoms with E-state index in [4.69, 9.17) is 16.3 Å². The van der Waals surface area contributed by atoms with Crippen LogP contribution in [-0.2, 0) is 17.1 Å². The lowest BCUT2D eigenvalue weighted by atomic mass is 10.2. The van der Waals surface area contributed by atoms with Gasteiger partial charge in [-0.3, -0.25) is 4.79 Å². The number of aromatic nitrogens is 2. The van der Waals surface area contributed by atoms with E-state index >= 15 is 0 Å². The molecule has 0 aliphatic heterocycles. The van der Waals surface area contributed by atoms with Crippen LogP contribution in [0.25, 0.3) is 0 Å². The zero-order chi connectivity index (χ0) is 25.2. The first-order valence-electron chi connectivity index (χ1n) is 10.1. The average molecular weight is 507 g/mol. The number of nitrogens with one attached hydrogen (secondary N) is 2. The molecule has 1 heterocycles. The van der Waals surface area contributed by atoms with E-state index in [2.05, 4.69) is 15.1 Å². The number of sulfonamides is 1. The quantitative estimate of drug-likeness (QED) is 0.422. The maximum atomic E-state index is 13.1. The Kier molecular flexibility index (Phi) is 7.29. The molecule has 0 aliphatic rings. The molecule has 1 aromatic heterocycles. The fourth-order valence-corrected chi connectivity index (χ4v) is 4.75. The Labute approximate surface area is 201 Å². The Morgan fingerprint density at radius 3 is 2.47 bits per heavy atom.